The molecule has 0 aliphatic rings. The summed E-state index contributed by atoms with van der Waals surface area (Å²) in [5, 5.41) is 0. The van der Waals surface area contributed by atoms with Gasteiger partial charge in [0.1, 0.15) is 12.4 Å². The van der Waals surface area contributed by atoms with Gasteiger partial charge in [-0.25, -0.2) is 18.8 Å². The van der Waals surface area contributed by atoms with Crippen molar-refractivity contribution < 1.29 is 37.7 Å². The average molecular weight is 515 g/mol. The second-order valence-corrected chi connectivity index (χ2v) is 7.49. The zero-order valence-electron chi connectivity index (χ0n) is 20.3. The first kappa shape index (κ1) is 27.3. The number of esters is 3. The van der Waals surface area contributed by atoms with E-state index in [1.54, 1.807) is 30.3 Å². The first-order valence-electron chi connectivity index (χ1n) is 11.1. The molecule has 0 bridgehead atoms. The molecule has 0 aliphatic carbocycles. The smallest absolute Gasteiger partial charge is 0.335 e. The minimum atomic E-state index is -0.767. The number of benzene rings is 3. The highest BCUT2D eigenvalue weighted by Gasteiger charge is 2.16. The van der Waals surface area contributed by atoms with Gasteiger partial charge in [-0.1, -0.05) is 56.7 Å². The van der Waals surface area contributed by atoms with Gasteiger partial charge in [0.2, 0.25) is 0 Å². The van der Waals surface area contributed by atoms with Crippen molar-refractivity contribution in [2.45, 2.75) is 0 Å². The van der Waals surface area contributed by atoms with Crippen molar-refractivity contribution in [2.24, 2.45) is 0 Å². The number of halogens is 1. The number of carbonyl (C=O) groups is 3. The Morgan fingerprint density at radius 2 is 1.11 bits per heavy atom. The van der Waals surface area contributed by atoms with E-state index in [9.17, 15) is 14.4 Å². The van der Waals surface area contributed by atoms with Gasteiger partial charge in [0.05, 0.1) is 0 Å². The lowest BCUT2D eigenvalue weighted by Crippen LogP contribution is -2.08. The zero-order chi connectivity index (χ0) is 27.7. The second kappa shape index (κ2) is 12.6. The predicted octanol–water partition coefficient (Wildman–Crippen LogP) is 6.00. The van der Waals surface area contributed by atoms with E-state index in [2.05, 4.69) is 26.3 Å². The highest BCUT2D eigenvalue weighted by molar-refractivity contribution is 5.87. The van der Waals surface area contributed by atoms with Crippen LogP contribution < -0.4 is 18.9 Å². The van der Waals surface area contributed by atoms with Crippen molar-refractivity contribution in [2.75, 3.05) is 6.61 Å². The van der Waals surface area contributed by atoms with Crippen molar-refractivity contribution in [1.29, 1.82) is 0 Å². The van der Waals surface area contributed by atoms with Gasteiger partial charge in [-0.05, 0) is 47.0 Å². The van der Waals surface area contributed by atoms with Gasteiger partial charge in [-0.2, -0.15) is 0 Å². The Kier molecular flexibility index (Phi) is 9.10. The van der Waals surface area contributed by atoms with Crippen LogP contribution in [0.1, 0.15) is 0 Å². The van der Waals surface area contributed by atoms with Crippen molar-refractivity contribution in [3.05, 3.63) is 111 Å². The first-order valence-corrected chi connectivity index (χ1v) is 11.1. The predicted molar refractivity (Wildman–Crippen MR) is 140 cm³/mol. The molecule has 0 heterocycles. The van der Waals surface area contributed by atoms with Crippen LogP contribution in [0.5, 0.6) is 23.0 Å². The van der Waals surface area contributed by atoms with Crippen LogP contribution in [0.25, 0.3) is 22.3 Å². The Bertz CT molecular complexity index is 1440. The van der Waals surface area contributed by atoms with Gasteiger partial charge in [-0.15, -0.1) is 0 Å². The molecule has 0 unspecified atom stereocenters. The van der Waals surface area contributed by atoms with Crippen LogP contribution in [0.15, 0.2) is 105 Å². The highest BCUT2D eigenvalue weighted by Crippen LogP contribution is 2.37. The van der Waals surface area contributed by atoms with E-state index >= 15 is 4.39 Å². The van der Waals surface area contributed by atoms with E-state index in [0.717, 1.165) is 18.2 Å². The van der Waals surface area contributed by atoms with Crippen LogP contribution in [0, 0.1) is 5.82 Å². The molecule has 0 radical (unpaired) electrons. The number of rotatable bonds is 11. The molecule has 3 rings (SSSR count). The molecule has 0 N–H and O–H groups in total. The van der Waals surface area contributed by atoms with E-state index in [-0.39, 0.29) is 35.2 Å². The van der Waals surface area contributed by atoms with E-state index in [4.69, 9.17) is 18.9 Å². The summed E-state index contributed by atoms with van der Waals surface area (Å²) in [5.41, 5.74) is 1.68. The molecule has 38 heavy (non-hydrogen) atoms. The summed E-state index contributed by atoms with van der Waals surface area (Å²) in [4.78, 5) is 35.1. The van der Waals surface area contributed by atoms with Gasteiger partial charge in [0, 0.05) is 23.8 Å². The molecule has 0 fully saturated rings. The van der Waals surface area contributed by atoms with Crippen molar-refractivity contribution in [3.63, 3.8) is 0 Å². The molecule has 0 aromatic heterocycles. The van der Waals surface area contributed by atoms with Crippen molar-refractivity contribution in [1.82, 2.24) is 0 Å². The Hall–Kier alpha value is -5.24. The fourth-order valence-electron chi connectivity index (χ4n) is 3.25. The maximum Gasteiger partial charge on any atom is 0.335 e. The second-order valence-electron chi connectivity index (χ2n) is 7.49. The van der Waals surface area contributed by atoms with Gasteiger partial charge in [0.15, 0.2) is 23.0 Å². The van der Waals surface area contributed by atoms with Crippen LogP contribution in [-0.2, 0) is 14.4 Å². The molecule has 3 aromatic rings. The lowest BCUT2D eigenvalue weighted by molar-refractivity contribution is -0.131. The Balaban J connectivity index is 1.98. The average Bonchev–Trinajstić information content (AvgIpc) is 2.93. The molecular weight excluding hydrogens is 491 g/mol. The zero-order valence-corrected chi connectivity index (χ0v) is 20.3. The molecule has 7 nitrogen and oxygen atoms in total. The summed E-state index contributed by atoms with van der Waals surface area (Å²) in [7, 11) is 0. The summed E-state index contributed by atoms with van der Waals surface area (Å²) >= 11 is 0. The van der Waals surface area contributed by atoms with E-state index in [1.165, 1.54) is 30.3 Å². The third-order valence-electron chi connectivity index (χ3n) is 4.99. The Morgan fingerprint density at radius 1 is 0.632 bits per heavy atom. The van der Waals surface area contributed by atoms with Gasteiger partial charge in [-0.3, -0.25) is 0 Å². The van der Waals surface area contributed by atoms with E-state index < -0.39 is 23.7 Å². The Morgan fingerprint density at radius 3 is 1.66 bits per heavy atom. The molecule has 192 valence electrons. The van der Waals surface area contributed by atoms with Crippen LogP contribution in [0.2, 0.25) is 0 Å². The Labute approximate surface area is 218 Å². The molecule has 0 aliphatic heterocycles. The van der Waals surface area contributed by atoms with E-state index in [0.29, 0.717) is 16.7 Å². The van der Waals surface area contributed by atoms with Crippen LogP contribution in [0.3, 0.4) is 0 Å². The molecule has 8 heteroatoms. The van der Waals surface area contributed by atoms with Crippen LogP contribution in [-0.4, -0.2) is 24.5 Å². The quantitative estimate of drug-likeness (QED) is 0.134. The number of carbonyl (C=O) groups excluding carboxylic acids is 3. The normalized spacial score (nSPS) is 10.0. The summed E-state index contributed by atoms with van der Waals surface area (Å²) in [5.74, 6) is -2.44. The first-order chi connectivity index (χ1) is 18.3. The summed E-state index contributed by atoms with van der Waals surface area (Å²) < 4.78 is 36.4. The monoisotopic (exact) mass is 514 g/mol. The van der Waals surface area contributed by atoms with Gasteiger partial charge >= 0.3 is 17.9 Å². The summed E-state index contributed by atoms with van der Waals surface area (Å²) in [6, 6.07) is 13.6. The van der Waals surface area contributed by atoms with Gasteiger partial charge < -0.3 is 18.9 Å². The number of ether oxygens (including phenoxy) is 4. The minimum Gasteiger partial charge on any atom is -0.486 e. The molecule has 0 saturated carbocycles. The molecule has 0 spiro atoms. The topological polar surface area (TPSA) is 88.1 Å². The van der Waals surface area contributed by atoms with Crippen molar-refractivity contribution >= 4 is 17.9 Å². The standard InChI is InChI=1S/C30H23FO7/c1-5-15-35-26-18-21(11-14-24(26)36-28(32)6-2)22-12-9-19(16-23(22)31)20-10-13-25(37-29(33)7-3)27(17-20)38-30(34)8-4/h5-14,16-18H,1-4,15H2. The van der Waals surface area contributed by atoms with E-state index in [1.807, 2.05) is 0 Å². The third-order valence-corrected chi connectivity index (χ3v) is 4.99. The minimum absolute atomic E-state index is 0.0183. The van der Waals surface area contributed by atoms with Crippen LogP contribution >= 0.6 is 0 Å². The highest BCUT2D eigenvalue weighted by atomic mass is 19.1. The van der Waals surface area contributed by atoms with Gasteiger partial charge in [0.25, 0.3) is 0 Å². The SMILES string of the molecule is C=CCOc1cc(-c2ccc(-c3ccc(OC(=O)C=C)c(OC(=O)C=C)c3)cc2F)ccc1OC(=O)C=C. The maximum absolute atomic E-state index is 15.3. The largest absolute Gasteiger partial charge is 0.486 e. The number of hydrogen-bond donors (Lipinski definition) is 0. The molecule has 0 amide bonds. The molecule has 3 aromatic carbocycles. The van der Waals surface area contributed by atoms with Crippen LogP contribution in [0.4, 0.5) is 4.39 Å². The molecule has 0 saturated heterocycles. The summed E-state index contributed by atoms with van der Waals surface area (Å²) in [6.07, 6.45) is 4.45. The van der Waals surface area contributed by atoms with Crippen molar-refractivity contribution in [3.8, 4) is 45.3 Å². The lowest BCUT2D eigenvalue weighted by atomic mass is 9.99. The lowest BCUT2D eigenvalue weighted by Gasteiger charge is -2.13. The maximum atomic E-state index is 15.3. The molecule has 0 atom stereocenters. The fraction of sp³-hybridized carbons (Fsp3) is 0.0333. The molecular formula is C30H23FO7. The summed E-state index contributed by atoms with van der Waals surface area (Å²) in [6.45, 7) is 13.8. The number of hydrogen-bond acceptors (Lipinski definition) is 7. The third kappa shape index (κ3) is 6.70. The fourth-order valence-corrected chi connectivity index (χ4v) is 3.25.